The second-order valence-electron chi connectivity index (χ2n) is 6.49. The zero-order valence-corrected chi connectivity index (χ0v) is 17.8. The summed E-state index contributed by atoms with van der Waals surface area (Å²) in [6.45, 7) is 19.0. The van der Waals surface area contributed by atoms with E-state index in [0.29, 0.717) is 0 Å². The molecule has 1 aliphatic rings. The van der Waals surface area contributed by atoms with Gasteiger partial charge in [-0.25, -0.2) is 0 Å². The van der Waals surface area contributed by atoms with Crippen LogP contribution in [0.3, 0.4) is 0 Å². The first kappa shape index (κ1) is 22.7. The first-order valence-electron chi connectivity index (χ1n) is 8.07. The second kappa shape index (κ2) is 8.69. The Hall–Kier alpha value is -1.31. The summed E-state index contributed by atoms with van der Waals surface area (Å²) < 4.78 is 4.73. The summed E-state index contributed by atoms with van der Waals surface area (Å²) in [5.41, 5.74) is 12.5. The first-order valence-corrected chi connectivity index (χ1v) is 8.07. The monoisotopic (exact) mass is 370 g/mol. The molecule has 24 heavy (non-hydrogen) atoms. The molecule has 0 atom stereocenters. The topological polar surface area (TPSA) is 32.3 Å². The SMILES string of the molecule is COC([O-])=C1C(C)=C(C)C(C)=C1C.Cc1c(C)c(C)[c-](C)c1C.[Fe+2]. The van der Waals surface area contributed by atoms with Crippen LogP contribution in [0, 0.1) is 34.6 Å². The van der Waals surface area contributed by atoms with Gasteiger partial charge < -0.3 is 9.84 Å². The third-order valence-electron chi connectivity index (χ3n) is 5.64. The van der Waals surface area contributed by atoms with Gasteiger partial charge in [0.15, 0.2) is 0 Å². The average molecular weight is 370 g/mol. The molecule has 2 nitrogen and oxygen atoms in total. The minimum atomic E-state index is -0.230. The van der Waals surface area contributed by atoms with Gasteiger partial charge in [-0.05, 0) is 57.1 Å². The summed E-state index contributed by atoms with van der Waals surface area (Å²) in [6.07, 6.45) is 0. The third-order valence-corrected chi connectivity index (χ3v) is 5.64. The maximum absolute atomic E-state index is 11.4. The molecule has 3 heteroatoms. The fourth-order valence-electron chi connectivity index (χ4n) is 3.03. The van der Waals surface area contributed by atoms with E-state index >= 15 is 0 Å². The smallest absolute Gasteiger partial charge is 0.616 e. The number of rotatable bonds is 1. The summed E-state index contributed by atoms with van der Waals surface area (Å²) in [6, 6.07) is 0. The van der Waals surface area contributed by atoms with E-state index in [-0.39, 0.29) is 23.0 Å². The molecular formula is C21H30FeO2. The predicted molar refractivity (Wildman–Crippen MR) is 96.5 cm³/mol. The fourth-order valence-corrected chi connectivity index (χ4v) is 3.03. The Morgan fingerprint density at radius 1 is 0.750 bits per heavy atom. The minimum Gasteiger partial charge on any atom is -0.616 e. The van der Waals surface area contributed by atoms with Crippen LogP contribution in [-0.4, -0.2) is 7.11 Å². The van der Waals surface area contributed by atoms with Gasteiger partial charge in [-0.15, -0.1) is 0 Å². The van der Waals surface area contributed by atoms with E-state index in [1.165, 1.54) is 46.1 Å². The molecule has 0 saturated heterocycles. The van der Waals surface area contributed by atoms with Crippen molar-refractivity contribution in [1.82, 2.24) is 0 Å². The molecule has 0 heterocycles. The standard InChI is InChI=1S/C11H16O2.C10H15.Fe/c1-6-7(2)9(4)10(8(6)3)11(12)13-5;1-6-7(2)9(4)10(5)8(6)3;/h12H,1-5H3;1-5H3;/q;-1;+2/p-1. The quantitative estimate of drug-likeness (QED) is 0.403. The molecule has 134 valence electrons. The molecule has 1 aromatic rings. The van der Waals surface area contributed by atoms with E-state index in [4.69, 9.17) is 4.74 Å². The number of ether oxygens (including phenoxy) is 1. The van der Waals surface area contributed by atoms with Gasteiger partial charge in [-0.2, -0.15) is 27.8 Å². The van der Waals surface area contributed by atoms with E-state index in [1.807, 2.05) is 27.7 Å². The average Bonchev–Trinajstić information content (AvgIpc) is 2.83. The summed E-state index contributed by atoms with van der Waals surface area (Å²) in [4.78, 5) is 0. The van der Waals surface area contributed by atoms with Crippen LogP contribution in [0.1, 0.15) is 55.5 Å². The molecule has 0 aromatic heterocycles. The van der Waals surface area contributed by atoms with Gasteiger partial charge in [0.05, 0.1) is 5.95 Å². The van der Waals surface area contributed by atoms with Crippen molar-refractivity contribution in [3.05, 3.63) is 61.6 Å². The largest absolute Gasteiger partial charge is 2.00 e. The van der Waals surface area contributed by atoms with Crippen LogP contribution < -0.4 is 5.11 Å². The van der Waals surface area contributed by atoms with Crippen LogP contribution in [0.15, 0.2) is 33.8 Å². The molecule has 0 bridgehead atoms. The van der Waals surface area contributed by atoms with Crippen molar-refractivity contribution in [2.24, 2.45) is 0 Å². The number of allylic oxidation sites excluding steroid dienone is 5. The molecule has 1 aromatic carbocycles. The molecule has 0 spiro atoms. The van der Waals surface area contributed by atoms with E-state index in [2.05, 4.69) is 34.6 Å². The van der Waals surface area contributed by atoms with Crippen LogP contribution in [0.4, 0.5) is 0 Å². The summed E-state index contributed by atoms with van der Waals surface area (Å²) >= 11 is 0. The zero-order chi connectivity index (χ0) is 18.1. The maximum Gasteiger partial charge on any atom is 2.00 e. The third kappa shape index (κ3) is 4.02. The number of methoxy groups -OCH3 is 1. The molecule has 2 rings (SSSR count). The molecule has 0 fully saturated rings. The normalized spacial score (nSPS) is 13.7. The Morgan fingerprint density at radius 2 is 1.08 bits per heavy atom. The molecular weight excluding hydrogens is 340 g/mol. The first-order chi connectivity index (χ1) is 10.6. The van der Waals surface area contributed by atoms with Gasteiger partial charge in [-0.3, -0.25) is 0 Å². The van der Waals surface area contributed by atoms with Crippen molar-refractivity contribution in [2.45, 2.75) is 62.3 Å². The predicted octanol–water partition coefficient (Wildman–Crippen LogP) is 4.84. The molecule has 0 saturated carbocycles. The minimum absolute atomic E-state index is 0. The Bertz CT molecular complexity index is 606. The Balaban J connectivity index is 0.000000436. The zero-order valence-electron chi connectivity index (χ0n) is 16.7. The van der Waals surface area contributed by atoms with Gasteiger partial charge in [0.25, 0.3) is 0 Å². The van der Waals surface area contributed by atoms with Crippen molar-refractivity contribution in [3.8, 4) is 0 Å². The van der Waals surface area contributed by atoms with E-state index < -0.39 is 0 Å². The number of hydrogen-bond donors (Lipinski definition) is 0. The van der Waals surface area contributed by atoms with Crippen LogP contribution in [-0.2, 0) is 21.8 Å². The van der Waals surface area contributed by atoms with E-state index in [1.54, 1.807) is 0 Å². The summed E-state index contributed by atoms with van der Waals surface area (Å²) in [5, 5.41) is 11.4. The Kier molecular flexibility index (Phi) is 8.21. The summed E-state index contributed by atoms with van der Waals surface area (Å²) in [5.74, 6) is -0.230. The molecule has 0 amide bonds. The van der Waals surface area contributed by atoms with E-state index in [0.717, 1.165) is 16.7 Å². The molecule has 0 aliphatic heterocycles. The molecule has 0 N–H and O–H groups in total. The van der Waals surface area contributed by atoms with Gasteiger partial charge >= 0.3 is 17.1 Å². The van der Waals surface area contributed by atoms with Crippen molar-refractivity contribution >= 4 is 0 Å². The van der Waals surface area contributed by atoms with Crippen molar-refractivity contribution in [1.29, 1.82) is 0 Å². The van der Waals surface area contributed by atoms with Crippen LogP contribution >= 0.6 is 0 Å². The van der Waals surface area contributed by atoms with E-state index in [9.17, 15) is 5.11 Å². The molecule has 0 radical (unpaired) electrons. The van der Waals surface area contributed by atoms with Gasteiger partial charge in [0.1, 0.15) is 0 Å². The van der Waals surface area contributed by atoms with Gasteiger partial charge in [0, 0.05) is 5.57 Å². The van der Waals surface area contributed by atoms with Crippen LogP contribution in [0.5, 0.6) is 0 Å². The Labute approximate surface area is 158 Å². The van der Waals surface area contributed by atoms with Crippen molar-refractivity contribution in [2.75, 3.05) is 7.11 Å². The second-order valence-corrected chi connectivity index (χ2v) is 6.49. The Morgan fingerprint density at radius 3 is 1.29 bits per heavy atom. The van der Waals surface area contributed by atoms with Gasteiger partial charge in [0.2, 0.25) is 0 Å². The van der Waals surface area contributed by atoms with Crippen molar-refractivity contribution < 1.29 is 26.9 Å². The molecule has 1 aliphatic carbocycles. The molecule has 0 unspecified atom stereocenters. The van der Waals surface area contributed by atoms with Crippen molar-refractivity contribution in [3.63, 3.8) is 0 Å². The summed E-state index contributed by atoms with van der Waals surface area (Å²) in [7, 11) is 1.42. The number of hydrogen-bond acceptors (Lipinski definition) is 2. The van der Waals surface area contributed by atoms with Crippen LogP contribution in [0.2, 0.25) is 0 Å². The van der Waals surface area contributed by atoms with Gasteiger partial charge in [-0.1, -0.05) is 34.6 Å². The van der Waals surface area contributed by atoms with Crippen LogP contribution in [0.25, 0.3) is 0 Å². The fraction of sp³-hybridized carbons (Fsp3) is 0.476. The maximum atomic E-state index is 11.4.